The second kappa shape index (κ2) is 9.22. The zero-order valence-electron chi connectivity index (χ0n) is 17.3. The zero-order valence-corrected chi connectivity index (χ0v) is 18.0. The lowest BCUT2D eigenvalue weighted by Gasteiger charge is -2.09. The number of pyridine rings is 1. The lowest BCUT2D eigenvalue weighted by atomic mass is 10.0. The van der Waals surface area contributed by atoms with Crippen molar-refractivity contribution in [3.63, 3.8) is 0 Å². The Morgan fingerprint density at radius 2 is 1.85 bits per heavy atom. The van der Waals surface area contributed by atoms with Crippen molar-refractivity contribution in [3.8, 4) is 5.75 Å². The molecule has 2 aromatic heterocycles. The maximum Gasteiger partial charge on any atom is 0.248 e. The quantitative estimate of drug-likeness (QED) is 0.269. The molecule has 0 fully saturated rings. The van der Waals surface area contributed by atoms with Crippen LogP contribution in [0, 0.1) is 5.82 Å². The molecule has 0 N–H and O–H groups in total. The second-order valence-corrected chi connectivity index (χ2v) is 7.71. The molecular formula is C26H17ClFN3O2. The van der Waals surface area contributed by atoms with Gasteiger partial charge < -0.3 is 9.15 Å². The van der Waals surface area contributed by atoms with Crippen LogP contribution in [0.2, 0.25) is 5.02 Å². The summed E-state index contributed by atoms with van der Waals surface area (Å²) in [6.45, 7) is 0.340. The molecule has 0 saturated carbocycles. The van der Waals surface area contributed by atoms with Gasteiger partial charge in [-0.25, -0.2) is 9.37 Å². The van der Waals surface area contributed by atoms with Crippen molar-refractivity contribution in [1.82, 2.24) is 15.2 Å². The van der Waals surface area contributed by atoms with E-state index < -0.39 is 5.82 Å². The number of para-hydroxylation sites is 1. The molecule has 162 valence electrons. The topological polar surface area (TPSA) is 61.0 Å². The van der Waals surface area contributed by atoms with Gasteiger partial charge in [-0.3, -0.25) is 0 Å². The summed E-state index contributed by atoms with van der Waals surface area (Å²) in [5.41, 5.74) is 3.47. The van der Waals surface area contributed by atoms with E-state index in [0.29, 0.717) is 28.5 Å². The van der Waals surface area contributed by atoms with E-state index in [0.717, 1.165) is 22.2 Å². The number of hydrogen-bond acceptors (Lipinski definition) is 5. The number of ether oxygens (including phenoxy) is 1. The Labute approximate surface area is 194 Å². The molecule has 0 spiro atoms. The van der Waals surface area contributed by atoms with Crippen LogP contribution in [0.15, 0.2) is 89.7 Å². The van der Waals surface area contributed by atoms with Gasteiger partial charge in [0.05, 0.1) is 11.2 Å². The first-order valence-corrected chi connectivity index (χ1v) is 10.5. The van der Waals surface area contributed by atoms with E-state index in [1.807, 2.05) is 60.7 Å². The average molecular weight is 458 g/mol. The predicted octanol–water partition coefficient (Wildman–Crippen LogP) is 6.58. The lowest BCUT2D eigenvalue weighted by molar-refractivity contribution is 0.302. The Bertz CT molecular complexity index is 1430. The molecule has 0 aliphatic heterocycles. The fourth-order valence-corrected chi connectivity index (χ4v) is 3.57. The van der Waals surface area contributed by atoms with Crippen LogP contribution in [-0.2, 0) is 6.61 Å². The van der Waals surface area contributed by atoms with Crippen LogP contribution in [-0.4, -0.2) is 15.2 Å². The first kappa shape index (κ1) is 20.8. The molecule has 0 aliphatic rings. The van der Waals surface area contributed by atoms with E-state index in [2.05, 4.69) is 15.2 Å². The fourth-order valence-electron chi connectivity index (χ4n) is 3.41. The predicted molar refractivity (Wildman–Crippen MR) is 125 cm³/mol. The van der Waals surface area contributed by atoms with Gasteiger partial charge in [0.15, 0.2) is 0 Å². The number of halogens is 2. The summed E-state index contributed by atoms with van der Waals surface area (Å²) >= 11 is 5.87. The van der Waals surface area contributed by atoms with Crippen molar-refractivity contribution in [3.05, 3.63) is 119 Å². The van der Waals surface area contributed by atoms with Crippen molar-refractivity contribution in [2.24, 2.45) is 0 Å². The van der Waals surface area contributed by atoms with Crippen LogP contribution < -0.4 is 4.74 Å². The highest BCUT2D eigenvalue weighted by molar-refractivity contribution is 6.30. The van der Waals surface area contributed by atoms with Crippen LogP contribution in [0.1, 0.15) is 22.7 Å². The second-order valence-electron chi connectivity index (χ2n) is 7.28. The van der Waals surface area contributed by atoms with Crippen LogP contribution in [0.5, 0.6) is 5.75 Å². The summed E-state index contributed by atoms with van der Waals surface area (Å²) in [7, 11) is 0. The summed E-state index contributed by atoms with van der Waals surface area (Å²) < 4.78 is 25.7. The van der Waals surface area contributed by atoms with Crippen molar-refractivity contribution in [1.29, 1.82) is 0 Å². The fraction of sp³-hybridized carbons (Fsp3) is 0.0385. The molecule has 0 saturated heterocycles. The van der Waals surface area contributed by atoms with Gasteiger partial charge in [-0.05, 0) is 48.0 Å². The molecule has 5 aromatic rings. The lowest BCUT2D eigenvalue weighted by Crippen LogP contribution is -1.98. The Hall–Kier alpha value is -4.03. The first-order chi connectivity index (χ1) is 16.2. The number of hydrogen-bond donors (Lipinski definition) is 0. The maximum atomic E-state index is 14.4. The largest absolute Gasteiger partial charge is 0.487 e. The van der Waals surface area contributed by atoms with Gasteiger partial charge in [0, 0.05) is 21.5 Å². The summed E-state index contributed by atoms with van der Waals surface area (Å²) in [5.74, 6) is 0.511. The molecular weight excluding hydrogens is 441 g/mol. The van der Waals surface area contributed by atoms with Crippen molar-refractivity contribution < 1.29 is 13.5 Å². The van der Waals surface area contributed by atoms with E-state index in [-0.39, 0.29) is 5.89 Å². The number of aromatic nitrogens is 3. The Balaban J connectivity index is 1.38. The molecule has 0 aliphatic carbocycles. The maximum absolute atomic E-state index is 14.4. The first-order valence-electron chi connectivity index (χ1n) is 10.2. The van der Waals surface area contributed by atoms with Gasteiger partial charge in [-0.15, -0.1) is 10.2 Å². The third-order valence-electron chi connectivity index (χ3n) is 5.06. The van der Waals surface area contributed by atoms with E-state index in [4.69, 9.17) is 20.8 Å². The third-order valence-corrected chi connectivity index (χ3v) is 5.30. The minimum atomic E-state index is -0.442. The SMILES string of the molecule is Fc1cc(Cl)ccc1C=C(c1ccc(OCc2ccc3ccccc3n2)cc1)c1nnco1. The summed E-state index contributed by atoms with van der Waals surface area (Å²) in [4.78, 5) is 4.62. The van der Waals surface area contributed by atoms with E-state index in [1.54, 1.807) is 18.2 Å². The molecule has 2 heterocycles. The molecule has 0 unspecified atom stereocenters. The average Bonchev–Trinajstić information content (AvgIpc) is 3.37. The number of nitrogens with zero attached hydrogens (tertiary/aromatic N) is 3. The standard InChI is InChI=1S/C26H17ClFN3O2/c27-20-9-5-19(24(28)14-20)13-23(26-31-29-16-33-26)17-7-11-22(12-8-17)32-15-21-10-6-18-3-1-2-4-25(18)30-21/h1-14,16H,15H2. The van der Waals surface area contributed by atoms with Crippen LogP contribution in [0.4, 0.5) is 4.39 Å². The minimum Gasteiger partial charge on any atom is -0.487 e. The smallest absolute Gasteiger partial charge is 0.248 e. The van der Waals surface area contributed by atoms with Crippen LogP contribution in [0.3, 0.4) is 0 Å². The van der Waals surface area contributed by atoms with E-state index in [9.17, 15) is 4.39 Å². The summed E-state index contributed by atoms with van der Waals surface area (Å²) in [5, 5.41) is 9.14. The van der Waals surface area contributed by atoms with Gasteiger partial charge in [-0.2, -0.15) is 0 Å². The van der Waals surface area contributed by atoms with E-state index in [1.165, 1.54) is 12.5 Å². The Kier molecular flexibility index (Phi) is 5.83. The van der Waals surface area contributed by atoms with Gasteiger partial charge in [-0.1, -0.05) is 54.1 Å². The monoisotopic (exact) mass is 457 g/mol. The number of fused-ring (bicyclic) bond motifs is 1. The van der Waals surface area contributed by atoms with Crippen LogP contribution in [0.25, 0.3) is 22.6 Å². The van der Waals surface area contributed by atoms with Gasteiger partial charge in [0.2, 0.25) is 12.3 Å². The highest BCUT2D eigenvalue weighted by atomic mass is 35.5. The number of benzene rings is 3. The molecule has 33 heavy (non-hydrogen) atoms. The molecule has 0 atom stereocenters. The van der Waals surface area contributed by atoms with E-state index >= 15 is 0 Å². The van der Waals surface area contributed by atoms with Crippen molar-refractivity contribution in [2.45, 2.75) is 6.61 Å². The molecule has 5 nitrogen and oxygen atoms in total. The molecule has 0 bridgehead atoms. The van der Waals surface area contributed by atoms with Gasteiger partial charge in [0.1, 0.15) is 18.2 Å². The Morgan fingerprint density at radius 3 is 2.64 bits per heavy atom. The molecule has 3 aromatic carbocycles. The number of rotatable bonds is 6. The Morgan fingerprint density at radius 1 is 1.00 bits per heavy atom. The molecule has 0 radical (unpaired) electrons. The third kappa shape index (κ3) is 4.76. The molecule has 7 heteroatoms. The van der Waals surface area contributed by atoms with Gasteiger partial charge in [0.25, 0.3) is 0 Å². The highest BCUT2D eigenvalue weighted by Gasteiger charge is 2.13. The minimum absolute atomic E-state index is 0.276. The van der Waals surface area contributed by atoms with Gasteiger partial charge >= 0.3 is 0 Å². The summed E-state index contributed by atoms with van der Waals surface area (Å²) in [6, 6.07) is 23.8. The van der Waals surface area contributed by atoms with Crippen molar-refractivity contribution >= 4 is 34.2 Å². The van der Waals surface area contributed by atoms with Crippen molar-refractivity contribution in [2.75, 3.05) is 0 Å². The normalized spacial score (nSPS) is 11.6. The summed E-state index contributed by atoms with van der Waals surface area (Å²) in [6.07, 6.45) is 2.88. The molecule has 0 amide bonds. The highest BCUT2D eigenvalue weighted by Crippen LogP contribution is 2.28. The molecule has 5 rings (SSSR count). The van der Waals surface area contributed by atoms with Crippen LogP contribution >= 0.6 is 11.6 Å². The zero-order chi connectivity index (χ0) is 22.6.